The molecule has 0 spiro atoms. The highest BCUT2D eigenvalue weighted by atomic mass is 28.4. The maximum Gasteiger partial charge on any atom is 0.261 e. The molecule has 0 unspecified atom stereocenters. The Bertz CT molecular complexity index is 1090. The van der Waals surface area contributed by atoms with E-state index in [4.69, 9.17) is 9.16 Å². The van der Waals surface area contributed by atoms with Crippen LogP contribution in [0.25, 0.3) is 0 Å². The van der Waals surface area contributed by atoms with Crippen molar-refractivity contribution >= 4 is 24.4 Å². The maximum atomic E-state index is 9.80. The van der Waals surface area contributed by atoms with E-state index in [1.165, 1.54) is 15.9 Å². The third kappa shape index (κ3) is 6.06. The lowest BCUT2D eigenvalue weighted by Gasteiger charge is -2.43. The van der Waals surface area contributed by atoms with E-state index >= 15 is 0 Å². The molecule has 0 heterocycles. The molecule has 5 heteroatoms. The highest BCUT2D eigenvalue weighted by Gasteiger charge is 2.50. The summed E-state index contributed by atoms with van der Waals surface area (Å²) < 4.78 is 13.4. The molecule has 3 atom stereocenters. The molecule has 0 radical (unpaired) electrons. The molecule has 1 N–H and O–H groups in total. The van der Waals surface area contributed by atoms with Crippen LogP contribution >= 0.6 is 0 Å². The second-order valence-corrected chi connectivity index (χ2v) is 15.5. The van der Waals surface area contributed by atoms with Gasteiger partial charge in [0.1, 0.15) is 0 Å². The topological polar surface area (TPSA) is 51.0 Å². The van der Waals surface area contributed by atoms with Gasteiger partial charge < -0.3 is 14.4 Å². The SMILES string of the molecule is C[C@@H](OCc1ccccc1)[C@H]1CC/C(=N\O)[C@@H]1CCO[Si](c1ccccc1)(c1ccccc1)C(C)(C)C. The van der Waals surface area contributed by atoms with Crippen molar-refractivity contribution in [2.24, 2.45) is 17.0 Å². The number of oxime groups is 1. The van der Waals surface area contributed by atoms with Gasteiger partial charge in [0.2, 0.25) is 0 Å². The minimum atomic E-state index is -2.60. The molecule has 1 saturated carbocycles. The van der Waals surface area contributed by atoms with E-state index in [1.807, 2.05) is 18.2 Å². The Hall–Kier alpha value is -2.73. The van der Waals surface area contributed by atoms with Gasteiger partial charge in [-0.1, -0.05) is 117 Å². The van der Waals surface area contributed by atoms with Crippen LogP contribution in [0.1, 0.15) is 52.5 Å². The standard InChI is InChI=1S/C32H41NO3Si/c1-25(35-24-26-14-8-5-9-15-26)29-20-21-31(33-34)30(29)22-23-36-37(32(2,3)4,27-16-10-6-11-17-27)28-18-12-7-13-19-28/h5-19,25,29-30,34H,20-24H2,1-4H3/b33-31+/t25-,29-,30-/m1/s1. The van der Waals surface area contributed by atoms with E-state index in [-0.39, 0.29) is 17.1 Å². The Morgan fingerprint density at radius 1 is 0.892 bits per heavy atom. The molecule has 1 aliphatic rings. The van der Waals surface area contributed by atoms with Crippen molar-refractivity contribution in [1.82, 2.24) is 0 Å². The van der Waals surface area contributed by atoms with E-state index < -0.39 is 8.32 Å². The monoisotopic (exact) mass is 515 g/mol. The van der Waals surface area contributed by atoms with Gasteiger partial charge >= 0.3 is 0 Å². The largest absolute Gasteiger partial charge is 0.411 e. The smallest absolute Gasteiger partial charge is 0.261 e. The van der Waals surface area contributed by atoms with Gasteiger partial charge in [0.05, 0.1) is 18.4 Å². The summed E-state index contributed by atoms with van der Waals surface area (Å²) in [7, 11) is -2.60. The summed E-state index contributed by atoms with van der Waals surface area (Å²) in [6.45, 7) is 10.3. The lowest BCUT2D eigenvalue weighted by molar-refractivity contribution is 0.00313. The van der Waals surface area contributed by atoms with E-state index in [0.717, 1.165) is 25.0 Å². The molecule has 196 valence electrons. The summed E-state index contributed by atoms with van der Waals surface area (Å²) in [6.07, 6.45) is 2.66. The Morgan fingerprint density at radius 2 is 1.43 bits per heavy atom. The van der Waals surface area contributed by atoms with Crippen LogP contribution in [-0.2, 0) is 15.8 Å². The molecule has 0 aliphatic heterocycles. The molecule has 0 aromatic heterocycles. The van der Waals surface area contributed by atoms with Crippen molar-refractivity contribution in [2.75, 3.05) is 6.61 Å². The summed E-state index contributed by atoms with van der Waals surface area (Å²) in [6, 6.07) is 31.8. The Balaban J connectivity index is 1.54. The second kappa shape index (κ2) is 12.2. The molecule has 1 fully saturated rings. The normalized spacial score (nSPS) is 20.3. The van der Waals surface area contributed by atoms with Gasteiger partial charge in [0.15, 0.2) is 0 Å². The molecule has 4 nitrogen and oxygen atoms in total. The minimum Gasteiger partial charge on any atom is -0.411 e. The average Bonchev–Trinajstić information content (AvgIpc) is 3.33. The zero-order valence-electron chi connectivity index (χ0n) is 22.6. The summed E-state index contributed by atoms with van der Waals surface area (Å²) in [5, 5.41) is 16.0. The highest BCUT2D eigenvalue weighted by Crippen LogP contribution is 2.39. The van der Waals surface area contributed by atoms with Crippen LogP contribution in [0.5, 0.6) is 0 Å². The molecular formula is C32H41NO3Si. The predicted molar refractivity (Wildman–Crippen MR) is 154 cm³/mol. The predicted octanol–water partition coefficient (Wildman–Crippen LogP) is 6.41. The average molecular weight is 516 g/mol. The van der Waals surface area contributed by atoms with Crippen LogP contribution < -0.4 is 10.4 Å². The van der Waals surface area contributed by atoms with Crippen molar-refractivity contribution in [2.45, 2.75) is 64.7 Å². The molecular weight excluding hydrogens is 474 g/mol. The van der Waals surface area contributed by atoms with Crippen LogP contribution in [0.15, 0.2) is 96.2 Å². The second-order valence-electron chi connectivity index (χ2n) is 11.2. The summed E-state index contributed by atoms with van der Waals surface area (Å²) in [4.78, 5) is 0. The number of hydrogen-bond donors (Lipinski definition) is 1. The fourth-order valence-electron chi connectivity index (χ4n) is 6.04. The fraction of sp³-hybridized carbons (Fsp3) is 0.406. The first-order valence-corrected chi connectivity index (χ1v) is 15.4. The Morgan fingerprint density at radius 3 is 1.95 bits per heavy atom. The van der Waals surface area contributed by atoms with Gasteiger partial charge in [-0.05, 0) is 53.1 Å². The van der Waals surface area contributed by atoms with Crippen molar-refractivity contribution < 1.29 is 14.4 Å². The van der Waals surface area contributed by atoms with Crippen LogP contribution in [0.2, 0.25) is 5.04 Å². The summed E-state index contributed by atoms with van der Waals surface area (Å²) >= 11 is 0. The maximum absolute atomic E-state index is 9.80. The lowest BCUT2D eigenvalue weighted by atomic mass is 9.88. The Labute approximate surface area is 223 Å². The third-order valence-corrected chi connectivity index (χ3v) is 13.0. The number of hydrogen-bond acceptors (Lipinski definition) is 4. The number of ether oxygens (including phenoxy) is 1. The fourth-order valence-corrected chi connectivity index (χ4v) is 10.6. The van der Waals surface area contributed by atoms with Crippen LogP contribution in [-0.4, -0.2) is 31.9 Å². The molecule has 3 aromatic carbocycles. The van der Waals surface area contributed by atoms with Gasteiger partial charge in [0, 0.05) is 12.5 Å². The van der Waals surface area contributed by atoms with Gasteiger partial charge in [-0.25, -0.2) is 0 Å². The van der Waals surface area contributed by atoms with Crippen LogP contribution in [0, 0.1) is 11.8 Å². The molecule has 4 rings (SSSR count). The van der Waals surface area contributed by atoms with E-state index in [0.29, 0.717) is 19.1 Å². The van der Waals surface area contributed by atoms with Gasteiger partial charge in [0.25, 0.3) is 8.32 Å². The third-order valence-electron chi connectivity index (χ3n) is 7.93. The molecule has 0 amide bonds. The van der Waals surface area contributed by atoms with Crippen molar-refractivity contribution in [3.63, 3.8) is 0 Å². The summed E-state index contributed by atoms with van der Waals surface area (Å²) in [5.41, 5.74) is 2.06. The first kappa shape index (κ1) is 27.3. The zero-order chi connectivity index (χ0) is 26.3. The zero-order valence-corrected chi connectivity index (χ0v) is 23.6. The number of rotatable bonds is 10. The number of nitrogens with zero attached hydrogens (tertiary/aromatic N) is 1. The van der Waals surface area contributed by atoms with Gasteiger partial charge in [-0.2, -0.15) is 0 Å². The summed E-state index contributed by atoms with van der Waals surface area (Å²) in [5.74, 6) is 0.450. The molecule has 37 heavy (non-hydrogen) atoms. The van der Waals surface area contributed by atoms with Gasteiger partial charge in [-0.15, -0.1) is 0 Å². The van der Waals surface area contributed by atoms with E-state index in [1.54, 1.807) is 0 Å². The van der Waals surface area contributed by atoms with Crippen molar-refractivity contribution in [3.05, 3.63) is 96.6 Å². The molecule has 1 aliphatic carbocycles. The molecule has 0 saturated heterocycles. The number of benzene rings is 3. The highest BCUT2D eigenvalue weighted by molar-refractivity contribution is 6.99. The lowest BCUT2D eigenvalue weighted by Crippen LogP contribution is -2.66. The first-order chi connectivity index (χ1) is 17.9. The quantitative estimate of drug-likeness (QED) is 0.193. The van der Waals surface area contributed by atoms with Crippen molar-refractivity contribution in [3.8, 4) is 0 Å². The van der Waals surface area contributed by atoms with Crippen LogP contribution in [0.3, 0.4) is 0 Å². The molecule has 0 bridgehead atoms. The van der Waals surface area contributed by atoms with Crippen LogP contribution in [0.4, 0.5) is 0 Å². The minimum absolute atomic E-state index is 0.0647. The Kier molecular flexibility index (Phi) is 9.01. The van der Waals surface area contributed by atoms with Crippen molar-refractivity contribution in [1.29, 1.82) is 0 Å². The van der Waals surface area contributed by atoms with E-state index in [2.05, 4.69) is 106 Å². The first-order valence-electron chi connectivity index (χ1n) is 13.5. The molecule has 3 aromatic rings. The van der Waals surface area contributed by atoms with Gasteiger partial charge in [-0.3, -0.25) is 0 Å². The van der Waals surface area contributed by atoms with E-state index in [9.17, 15) is 5.21 Å².